The smallest absolute Gasteiger partial charge is 0.175 e. The normalized spacial score (nSPS) is 22.6. The van der Waals surface area contributed by atoms with Gasteiger partial charge in [-0.15, -0.1) is 0 Å². The van der Waals surface area contributed by atoms with Crippen molar-refractivity contribution in [3.63, 3.8) is 0 Å². The zero-order valence-electron chi connectivity index (χ0n) is 12.1. The SMILES string of the molecule is CCc1c(C2(C)CCCN2)cc(OC)c(OC)c1Br. The Kier molecular flexibility index (Phi) is 4.41. The number of nitrogens with one attached hydrogen (secondary N) is 1. The monoisotopic (exact) mass is 327 g/mol. The van der Waals surface area contributed by atoms with Crippen molar-refractivity contribution < 1.29 is 9.47 Å². The van der Waals surface area contributed by atoms with Crippen LogP contribution in [0.15, 0.2) is 10.5 Å². The molecule has 2 rings (SSSR count). The molecule has 1 aliphatic heterocycles. The summed E-state index contributed by atoms with van der Waals surface area (Å²) in [6, 6.07) is 2.13. The maximum Gasteiger partial charge on any atom is 0.175 e. The number of rotatable bonds is 4. The molecule has 106 valence electrons. The summed E-state index contributed by atoms with van der Waals surface area (Å²) in [6.45, 7) is 5.52. The number of ether oxygens (including phenoxy) is 2. The molecule has 1 N–H and O–H groups in total. The number of methoxy groups -OCH3 is 2. The van der Waals surface area contributed by atoms with Crippen LogP contribution in [0.2, 0.25) is 0 Å². The highest BCUT2D eigenvalue weighted by Crippen LogP contribution is 2.44. The Morgan fingerprint density at radius 1 is 1.37 bits per heavy atom. The largest absolute Gasteiger partial charge is 0.493 e. The number of halogens is 1. The van der Waals surface area contributed by atoms with Gasteiger partial charge in [0.25, 0.3) is 0 Å². The van der Waals surface area contributed by atoms with Crippen LogP contribution < -0.4 is 14.8 Å². The Hall–Kier alpha value is -0.740. The van der Waals surface area contributed by atoms with Gasteiger partial charge in [-0.3, -0.25) is 0 Å². The molecule has 1 aliphatic rings. The average molecular weight is 328 g/mol. The lowest BCUT2D eigenvalue weighted by Crippen LogP contribution is -2.34. The number of hydrogen-bond acceptors (Lipinski definition) is 3. The first-order valence-electron chi connectivity index (χ1n) is 6.76. The van der Waals surface area contributed by atoms with E-state index in [-0.39, 0.29) is 5.54 Å². The fourth-order valence-corrected chi connectivity index (χ4v) is 3.80. The Labute approximate surface area is 123 Å². The van der Waals surface area contributed by atoms with E-state index in [0.717, 1.165) is 35.4 Å². The van der Waals surface area contributed by atoms with E-state index in [1.165, 1.54) is 17.5 Å². The highest BCUT2D eigenvalue weighted by Gasteiger charge is 2.34. The average Bonchev–Trinajstić information content (AvgIpc) is 2.85. The van der Waals surface area contributed by atoms with E-state index in [9.17, 15) is 0 Å². The van der Waals surface area contributed by atoms with Gasteiger partial charge in [-0.2, -0.15) is 0 Å². The summed E-state index contributed by atoms with van der Waals surface area (Å²) < 4.78 is 12.0. The van der Waals surface area contributed by atoms with Crippen LogP contribution >= 0.6 is 15.9 Å². The van der Waals surface area contributed by atoms with Crippen molar-refractivity contribution in [1.82, 2.24) is 5.32 Å². The minimum absolute atomic E-state index is 0.0351. The van der Waals surface area contributed by atoms with Crippen LogP contribution in [-0.4, -0.2) is 20.8 Å². The fourth-order valence-electron chi connectivity index (χ4n) is 2.95. The summed E-state index contributed by atoms with van der Waals surface area (Å²) in [5.41, 5.74) is 2.65. The van der Waals surface area contributed by atoms with Gasteiger partial charge in [0.1, 0.15) is 0 Å². The van der Waals surface area contributed by atoms with Crippen LogP contribution in [0.25, 0.3) is 0 Å². The Morgan fingerprint density at radius 2 is 2.11 bits per heavy atom. The summed E-state index contributed by atoms with van der Waals surface area (Å²) in [5.74, 6) is 1.57. The van der Waals surface area contributed by atoms with Crippen molar-refractivity contribution in [3.8, 4) is 11.5 Å². The fraction of sp³-hybridized carbons (Fsp3) is 0.600. The van der Waals surface area contributed by atoms with Crippen molar-refractivity contribution in [2.24, 2.45) is 0 Å². The van der Waals surface area contributed by atoms with Crippen LogP contribution in [0.5, 0.6) is 11.5 Å². The predicted octanol–water partition coefficient (Wildman–Crippen LogP) is 3.63. The summed E-state index contributed by atoms with van der Waals surface area (Å²) in [7, 11) is 3.36. The standard InChI is InChI=1S/C15H22BrNO2/c1-5-10-11(15(2)7-6-8-17-15)9-12(18-3)14(19-4)13(10)16/h9,17H,5-8H2,1-4H3. The second-order valence-electron chi connectivity index (χ2n) is 5.17. The zero-order chi connectivity index (χ0) is 14.0. The highest BCUT2D eigenvalue weighted by molar-refractivity contribution is 9.10. The van der Waals surface area contributed by atoms with E-state index >= 15 is 0 Å². The van der Waals surface area contributed by atoms with Gasteiger partial charge in [-0.25, -0.2) is 0 Å². The van der Waals surface area contributed by atoms with Crippen LogP contribution in [-0.2, 0) is 12.0 Å². The summed E-state index contributed by atoms with van der Waals surface area (Å²) in [6.07, 6.45) is 3.33. The van der Waals surface area contributed by atoms with E-state index < -0.39 is 0 Å². The molecule has 1 aromatic carbocycles. The van der Waals surface area contributed by atoms with Crippen LogP contribution in [0.3, 0.4) is 0 Å². The van der Waals surface area contributed by atoms with Crippen LogP contribution in [0.1, 0.15) is 37.8 Å². The molecule has 0 bridgehead atoms. The van der Waals surface area contributed by atoms with Gasteiger partial charge >= 0.3 is 0 Å². The Morgan fingerprint density at radius 3 is 2.58 bits per heavy atom. The minimum Gasteiger partial charge on any atom is -0.493 e. The lowest BCUT2D eigenvalue weighted by Gasteiger charge is -2.29. The second-order valence-corrected chi connectivity index (χ2v) is 5.96. The van der Waals surface area contributed by atoms with Gasteiger partial charge in [0.2, 0.25) is 0 Å². The molecule has 1 fully saturated rings. The molecule has 0 aromatic heterocycles. The van der Waals surface area contributed by atoms with Crippen molar-refractivity contribution in [2.45, 2.75) is 38.6 Å². The first-order valence-corrected chi connectivity index (χ1v) is 7.55. The maximum absolute atomic E-state index is 5.48. The van der Waals surface area contributed by atoms with Gasteiger partial charge in [0.05, 0.1) is 18.7 Å². The molecule has 1 heterocycles. The lowest BCUT2D eigenvalue weighted by molar-refractivity contribution is 0.348. The van der Waals surface area contributed by atoms with Gasteiger partial charge in [-0.1, -0.05) is 6.92 Å². The molecule has 0 saturated carbocycles. The van der Waals surface area contributed by atoms with E-state index in [4.69, 9.17) is 9.47 Å². The molecule has 4 heteroatoms. The van der Waals surface area contributed by atoms with Gasteiger partial charge in [-0.05, 0) is 65.9 Å². The van der Waals surface area contributed by atoms with Crippen molar-refractivity contribution >= 4 is 15.9 Å². The number of benzene rings is 1. The first kappa shape index (κ1) is 14.7. The topological polar surface area (TPSA) is 30.5 Å². The van der Waals surface area contributed by atoms with Gasteiger partial charge in [0.15, 0.2) is 11.5 Å². The predicted molar refractivity (Wildman–Crippen MR) is 81.2 cm³/mol. The molecule has 0 spiro atoms. The molecular weight excluding hydrogens is 306 g/mol. The van der Waals surface area contributed by atoms with Crippen molar-refractivity contribution in [3.05, 3.63) is 21.7 Å². The van der Waals surface area contributed by atoms with Crippen LogP contribution in [0.4, 0.5) is 0 Å². The number of hydrogen-bond donors (Lipinski definition) is 1. The summed E-state index contributed by atoms with van der Waals surface area (Å²) in [5, 5.41) is 3.62. The first-order chi connectivity index (χ1) is 9.07. The second kappa shape index (κ2) is 5.71. The van der Waals surface area contributed by atoms with Gasteiger partial charge in [0, 0.05) is 5.54 Å². The Balaban J connectivity index is 2.63. The lowest BCUT2D eigenvalue weighted by atomic mass is 9.85. The molecule has 0 aliphatic carbocycles. The third kappa shape index (κ3) is 2.48. The molecule has 19 heavy (non-hydrogen) atoms. The van der Waals surface area contributed by atoms with Gasteiger partial charge < -0.3 is 14.8 Å². The summed E-state index contributed by atoms with van der Waals surface area (Å²) in [4.78, 5) is 0. The minimum atomic E-state index is 0.0351. The van der Waals surface area contributed by atoms with E-state index in [0.29, 0.717) is 0 Å². The molecule has 0 radical (unpaired) electrons. The van der Waals surface area contributed by atoms with E-state index in [2.05, 4.69) is 41.2 Å². The molecule has 1 aromatic rings. The van der Waals surface area contributed by atoms with E-state index in [1.54, 1.807) is 14.2 Å². The van der Waals surface area contributed by atoms with Crippen molar-refractivity contribution in [1.29, 1.82) is 0 Å². The third-order valence-electron chi connectivity index (χ3n) is 4.03. The highest BCUT2D eigenvalue weighted by atomic mass is 79.9. The maximum atomic E-state index is 5.48. The summed E-state index contributed by atoms with van der Waals surface area (Å²) >= 11 is 3.68. The quantitative estimate of drug-likeness (QED) is 0.916. The molecular formula is C15H22BrNO2. The molecule has 3 nitrogen and oxygen atoms in total. The molecule has 0 amide bonds. The Bertz CT molecular complexity index is 468. The molecule has 1 atom stereocenters. The zero-order valence-corrected chi connectivity index (χ0v) is 13.7. The third-order valence-corrected chi connectivity index (χ3v) is 4.87. The molecule has 1 saturated heterocycles. The van der Waals surface area contributed by atoms with Crippen LogP contribution in [0, 0.1) is 0 Å². The molecule has 1 unspecified atom stereocenters. The van der Waals surface area contributed by atoms with E-state index in [1.807, 2.05) is 0 Å². The van der Waals surface area contributed by atoms with Crippen molar-refractivity contribution in [2.75, 3.05) is 20.8 Å².